The molecule has 0 aliphatic carbocycles. The van der Waals surface area contributed by atoms with Gasteiger partial charge in [0.25, 0.3) is 0 Å². The Labute approximate surface area is 308 Å². The number of primary amides is 1. The quantitative estimate of drug-likeness (QED) is 0.141. The van der Waals surface area contributed by atoms with E-state index in [0.717, 1.165) is 61.7 Å². The largest absolute Gasteiger partial charge is 0.378 e. The first kappa shape index (κ1) is 36.8. The summed E-state index contributed by atoms with van der Waals surface area (Å²) >= 11 is 7.09. The van der Waals surface area contributed by atoms with Gasteiger partial charge in [0.1, 0.15) is 0 Å². The number of carbonyl (C=O) groups excluding carboxylic acids is 1. The number of hydrogen-bond acceptors (Lipinski definition) is 5. The molecule has 262 valence electrons. The van der Waals surface area contributed by atoms with Gasteiger partial charge in [-0.25, -0.2) is 0 Å². The lowest BCUT2D eigenvalue weighted by Gasteiger charge is -2.21. The Morgan fingerprint density at radius 1 is 0.510 bits per heavy atom. The number of anilines is 4. The third-order valence-electron chi connectivity index (χ3n) is 9.12. The van der Waals surface area contributed by atoms with Gasteiger partial charge in [-0.05, 0) is 93.6 Å². The van der Waals surface area contributed by atoms with Crippen LogP contribution in [0.3, 0.4) is 0 Å². The molecular weight excluding hydrogens is 650 g/mol. The highest BCUT2D eigenvalue weighted by atomic mass is 35.5. The Morgan fingerprint density at radius 3 is 1.06 bits per heavy atom. The van der Waals surface area contributed by atoms with Crippen molar-refractivity contribution < 1.29 is 4.79 Å². The van der Waals surface area contributed by atoms with E-state index in [1.807, 2.05) is 68.5 Å². The number of nitrogens with two attached hydrogens (primary N) is 1. The minimum absolute atomic E-state index is 0.292. The van der Waals surface area contributed by atoms with E-state index in [4.69, 9.17) is 17.3 Å². The average Bonchev–Trinajstić information content (AvgIpc) is 3.12. The zero-order chi connectivity index (χ0) is 36.8. The normalized spacial score (nSPS) is 10.8. The third kappa shape index (κ3) is 8.65. The Bertz CT molecular complexity index is 1790. The van der Waals surface area contributed by atoms with Crippen LogP contribution in [0.25, 0.3) is 11.1 Å². The van der Waals surface area contributed by atoms with Gasteiger partial charge in [0.05, 0.1) is 10.6 Å². The van der Waals surface area contributed by atoms with Crippen LogP contribution >= 0.6 is 11.6 Å². The van der Waals surface area contributed by atoms with Gasteiger partial charge in [-0.15, -0.1) is 0 Å². The zero-order valence-corrected chi connectivity index (χ0v) is 31.6. The molecule has 0 aromatic heterocycles. The molecule has 0 saturated carbocycles. The van der Waals surface area contributed by atoms with Gasteiger partial charge < -0.3 is 25.3 Å². The number of hydrogen-bond donors (Lipinski definition) is 1. The second kappa shape index (κ2) is 16.0. The Balaban J connectivity index is 1.82. The summed E-state index contributed by atoms with van der Waals surface area (Å²) in [6.45, 7) is 0. The molecule has 5 rings (SSSR count). The summed E-state index contributed by atoms with van der Waals surface area (Å²) in [6.07, 6.45) is 4.51. The summed E-state index contributed by atoms with van der Waals surface area (Å²) in [5, 5.41) is 0.345. The minimum Gasteiger partial charge on any atom is -0.378 e. The van der Waals surface area contributed by atoms with Crippen molar-refractivity contribution in [3.63, 3.8) is 0 Å². The number of nitrogens with zero attached hydrogens (tertiary/aromatic N) is 4. The highest BCUT2D eigenvalue weighted by molar-refractivity contribution is 6.34. The van der Waals surface area contributed by atoms with Crippen molar-refractivity contribution in [3.8, 4) is 0 Å². The van der Waals surface area contributed by atoms with E-state index in [1.165, 1.54) is 0 Å². The Kier molecular flexibility index (Phi) is 11.6. The fraction of sp³-hybridized carbons (Fsp3) is 0.205. The average molecular weight is 698 g/mol. The maximum absolute atomic E-state index is 12.6. The summed E-state index contributed by atoms with van der Waals surface area (Å²) in [6, 6.07) is 39.8. The number of allylic oxidation sites excluding steroid dienone is 2. The number of rotatable bonds is 12. The Hall–Kier alpha value is -5.46. The predicted octanol–water partition coefficient (Wildman–Crippen LogP) is 9.05. The van der Waals surface area contributed by atoms with Crippen LogP contribution < -0.4 is 25.3 Å². The molecule has 6 nitrogen and oxygen atoms in total. The summed E-state index contributed by atoms with van der Waals surface area (Å²) < 4.78 is 0. The summed E-state index contributed by atoms with van der Waals surface area (Å²) in [5.41, 5.74) is 17.7. The second-order valence-electron chi connectivity index (χ2n) is 13.5. The van der Waals surface area contributed by atoms with Crippen LogP contribution in [-0.2, 0) is 0 Å². The molecule has 5 aromatic carbocycles. The molecular formula is C44H48ClN5O. The molecule has 0 spiro atoms. The van der Waals surface area contributed by atoms with E-state index in [0.29, 0.717) is 10.6 Å². The molecule has 0 radical (unpaired) electrons. The molecule has 0 aliphatic rings. The summed E-state index contributed by atoms with van der Waals surface area (Å²) in [7, 11) is 16.3. The van der Waals surface area contributed by atoms with Crippen molar-refractivity contribution in [1.82, 2.24) is 0 Å². The Morgan fingerprint density at radius 2 is 0.804 bits per heavy atom. The van der Waals surface area contributed by atoms with Crippen LogP contribution in [0.5, 0.6) is 0 Å². The first-order valence-corrected chi connectivity index (χ1v) is 17.3. The van der Waals surface area contributed by atoms with Crippen LogP contribution in [0.1, 0.15) is 44.1 Å². The first-order chi connectivity index (χ1) is 24.3. The maximum Gasteiger partial charge on any atom is 0.250 e. The standard InChI is InChI=1S/C44H48ClN5O/c1-47(2)35-20-12-30(13-21-35)41(31-14-22-36(23-15-31)48(3)4)28-34(39-10-9-11-40(43(39)45)44(46)51)29-42(32-16-24-37(25-17-32)49(5)6)33-18-26-38(27-19-33)50(7)8/h9-29,34H,1-8H3,(H2,46,51). The minimum atomic E-state index is -0.564. The van der Waals surface area contributed by atoms with Crippen molar-refractivity contribution in [2.24, 2.45) is 5.73 Å². The molecule has 0 unspecified atom stereocenters. The van der Waals surface area contributed by atoms with Crippen molar-refractivity contribution in [3.05, 3.63) is 166 Å². The lowest BCUT2D eigenvalue weighted by atomic mass is 9.86. The SMILES string of the molecule is CN(C)c1ccc(C(=CC(C=C(c2ccc(N(C)C)cc2)c2ccc(N(C)C)cc2)c2cccc(C(N)=O)c2Cl)c2ccc(N(C)C)cc2)cc1. The smallest absolute Gasteiger partial charge is 0.250 e. The molecule has 0 bridgehead atoms. The molecule has 0 fully saturated rings. The maximum atomic E-state index is 12.6. The molecule has 5 aromatic rings. The van der Waals surface area contributed by atoms with Crippen molar-refractivity contribution in [2.45, 2.75) is 5.92 Å². The van der Waals surface area contributed by atoms with Gasteiger partial charge >= 0.3 is 0 Å². The number of amides is 1. The molecule has 0 aliphatic heterocycles. The predicted molar refractivity (Wildman–Crippen MR) is 220 cm³/mol. The van der Waals surface area contributed by atoms with E-state index in [-0.39, 0.29) is 5.92 Å². The van der Waals surface area contributed by atoms with Gasteiger partial charge in [-0.3, -0.25) is 4.79 Å². The molecule has 7 heteroatoms. The molecule has 0 saturated heterocycles. The van der Waals surface area contributed by atoms with Gasteiger partial charge in [0.15, 0.2) is 0 Å². The fourth-order valence-electron chi connectivity index (χ4n) is 6.06. The first-order valence-electron chi connectivity index (χ1n) is 17.0. The van der Waals surface area contributed by atoms with Crippen molar-refractivity contribution in [1.29, 1.82) is 0 Å². The highest BCUT2D eigenvalue weighted by Crippen LogP contribution is 2.38. The second-order valence-corrected chi connectivity index (χ2v) is 13.9. The van der Waals surface area contributed by atoms with E-state index in [2.05, 4.69) is 129 Å². The van der Waals surface area contributed by atoms with Crippen LogP contribution in [0.15, 0.2) is 127 Å². The number of benzene rings is 5. The van der Waals surface area contributed by atoms with E-state index in [1.54, 1.807) is 6.07 Å². The number of halogens is 1. The highest BCUT2D eigenvalue weighted by Gasteiger charge is 2.20. The lowest BCUT2D eigenvalue weighted by Crippen LogP contribution is -2.13. The third-order valence-corrected chi connectivity index (χ3v) is 9.55. The molecule has 2 N–H and O–H groups in total. The summed E-state index contributed by atoms with van der Waals surface area (Å²) in [5.74, 6) is -0.919. The molecule has 51 heavy (non-hydrogen) atoms. The van der Waals surface area contributed by atoms with Gasteiger partial charge in [0.2, 0.25) is 5.91 Å². The van der Waals surface area contributed by atoms with Gasteiger partial charge in [-0.2, -0.15) is 0 Å². The lowest BCUT2D eigenvalue weighted by molar-refractivity contribution is 0.100. The number of carbonyl (C=O) groups is 1. The monoisotopic (exact) mass is 697 g/mol. The topological polar surface area (TPSA) is 56.1 Å². The van der Waals surface area contributed by atoms with Crippen molar-refractivity contribution in [2.75, 3.05) is 76.0 Å². The summed E-state index contributed by atoms with van der Waals surface area (Å²) in [4.78, 5) is 20.9. The van der Waals surface area contributed by atoms with Gasteiger partial charge in [0, 0.05) is 85.0 Å². The molecule has 1 amide bonds. The van der Waals surface area contributed by atoms with Gasteiger partial charge in [-0.1, -0.05) is 84.4 Å². The zero-order valence-electron chi connectivity index (χ0n) is 30.9. The molecule has 0 heterocycles. The van der Waals surface area contributed by atoms with E-state index in [9.17, 15) is 4.79 Å². The van der Waals surface area contributed by atoms with Crippen LogP contribution in [0, 0.1) is 0 Å². The molecule has 0 atom stereocenters. The van der Waals surface area contributed by atoms with Crippen LogP contribution in [0.4, 0.5) is 22.7 Å². The van der Waals surface area contributed by atoms with Crippen LogP contribution in [-0.4, -0.2) is 62.3 Å². The van der Waals surface area contributed by atoms with Crippen LogP contribution in [0.2, 0.25) is 5.02 Å². The fourth-order valence-corrected chi connectivity index (χ4v) is 6.40. The van der Waals surface area contributed by atoms with E-state index >= 15 is 0 Å². The van der Waals surface area contributed by atoms with Crippen molar-refractivity contribution >= 4 is 51.4 Å². The van der Waals surface area contributed by atoms with E-state index < -0.39 is 5.91 Å².